The average molecular weight is 1090 g/mol. The van der Waals surface area contributed by atoms with Crippen LogP contribution in [0.4, 0.5) is 0 Å². The first-order valence-electron chi connectivity index (χ1n) is 28.5. The second-order valence-electron chi connectivity index (χ2n) is 20.4. The van der Waals surface area contributed by atoms with Crippen molar-refractivity contribution in [2.45, 2.75) is 266 Å². The van der Waals surface area contributed by atoms with Gasteiger partial charge >= 0.3 is 0 Å². The summed E-state index contributed by atoms with van der Waals surface area (Å²) in [6.07, 6.45) is 17.8. The van der Waals surface area contributed by atoms with Gasteiger partial charge in [-0.2, -0.15) is 0 Å². The molecule has 0 aromatic carbocycles. The van der Waals surface area contributed by atoms with Crippen LogP contribution in [-0.2, 0) is 33.2 Å². The van der Waals surface area contributed by atoms with E-state index in [9.17, 15) is 61.0 Å². The van der Waals surface area contributed by atoms with Gasteiger partial charge in [0, 0.05) is 6.42 Å². The lowest BCUT2D eigenvalue weighted by Gasteiger charge is -2.48. The van der Waals surface area contributed by atoms with Gasteiger partial charge in [-0.1, -0.05) is 145 Å². The summed E-state index contributed by atoms with van der Waals surface area (Å²) >= 11 is 0. The second kappa shape index (κ2) is 40.6. The molecule has 19 nitrogen and oxygen atoms in total. The van der Waals surface area contributed by atoms with Crippen molar-refractivity contribution in [1.82, 2.24) is 5.32 Å². The van der Waals surface area contributed by atoms with E-state index in [1.807, 2.05) is 6.08 Å². The van der Waals surface area contributed by atoms with Crippen LogP contribution >= 0.6 is 0 Å². The van der Waals surface area contributed by atoms with E-state index < -0.39 is 124 Å². The molecule has 0 aromatic heterocycles. The fourth-order valence-corrected chi connectivity index (χ4v) is 9.26. The lowest BCUT2D eigenvalue weighted by atomic mass is 9.96. The van der Waals surface area contributed by atoms with E-state index in [2.05, 4.69) is 67.8 Å². The first-order chi connectivity index (χ1) is 36.8. The molecule has 3 aliphatic rings. The van der Waals surface area contributed by atoms with Crippen LogP contribution in [0.2, 0.25) is 0 Å². The summed E-state index contributed by atoms with van der Waals surface area (Å²) in [4.78, 5) is 13.3. The van der Waals surface area contributed by atoms with Gasteiger partial charge in [0.1, 0.15) is 73.2 Å². The van der Waals surface area contributed by atoms with Crippen LogP contribution in [0, 0.1) is 0 Å². The normalized spacial score (nSPS) is 31.4. The number of rotatable bonds is 40. The molecule has 17 unspecified atom stereocenters. The van der Waals surface area contributed by atoms with Gasteiger partial charge in [-0.3, -0.25) is 4.79 Å². The standard InChI is InChI=1S/C57H99NO18/c1-3-5-7-9-11-13-15-17-18-19-20-21-23-24-26-28-30-32-34-41(62)40(58-45(63)35-33-31-29-27-25-22-16-14-12-10-8-6-4-2)39-71-55-51(69)48(66)53(43(37-60)73-55)76-57-52(70)49(67)54(44(38-61)74-57)75-56-50(68)47(65)46(64)42(36-59)72-56/h8,10,14,16,19-20,24,26,32,34,40-44,46-57,59-62,64-70H,3-7,9,11-13,15,17-18,21-23,25,27-31,33,35-39H2,1-2H3,(H,58,63)/b10-8-,16-14-,20-19+,26-24+,34-32+. The number of carbonyl (C=O) groups is 1. The maximum atomic E-state index is 13.3. The maximum Gasteiger partial charge on any atom is 0.220 e. The highest BCUT2D eigenvalue weighted by Crippen LogP contribution is 2.33. The number of hydrogen-bond acceptors (Lipinski definition) is 18. The number of aliphatic hydroxyl groups is 11. The number of unbranched alkanes of at least 4 members (excludes halogenated alkanes) is 16. The molecular weight excluding hydrogens is 987 g/mol. The molecule has 3 rings (SSSR count). The van der Waals surface area contributed by atoms with Gasteiger partial charge in [0.15, 0.2) is 18.9 Å². The zero-order valence-corrected chi connectivity index (χ0v) is 45.5. The predicted octanol–water partition coefficient (Wildman–Crippen LogP) is 4.09. The van der Waals surface area contributed by atoms with Gasteiger partial charge in [-0.25, -0.2) is 0 Å². The van der Waals surface area contributed by atoms with Crippen LogP contribution in [0.25, 0.3) is 0 Å². The monoisotopic (exact) mass is 1090 g/mol. The molecule has 76 heavy (non-hydrogen) atoms. The van der Waals surface area contributed by atoms with Crippen molar-refractivity contribution in [3.8, 4) is 0 Å². The van der Waals surface area contributed by atoms with Gasteiger partial charge in [0.25, 0.3) is 0 Å². The summed E-state index contributed by atoms with van der Waals surface area (Å²) in [6.45, 7) is 1.58. The first kappa shape index (κ1) is 67.8. The molecule has 0 aliphatic carbocycles. The molecule has 0 bridgehead atoms. The highest BCUT2D eigenvalue weighted by atomic mass is 16.8. The van der Waals surface area contributed by atoms with Gasteiger partial charge in [-0.15, -0.1) is 0 Å². The summed E-state index contributed by atoms with van der Waals surface area (Å²) in [5, 5.41) is 120. The quantitative estimate of drug-likeness (QED) is 0.0304. The van der Waals surface area contributed by atoms with Crippen molar-refractivity contribution in [2.75, 3.05) is 26.4 Å². The summed E-state index contributed by atoms with van der Waals surface area (Å²) in [5.74, 6) is -0.308. The molecule has 3 heterocycles. The number of hydrogen-bond donors (Lipinski definition) is 12. The molecule has 0 spiro atoms. The molecule has 12 N–H and O–H groups in total. The summed E-state index contributed by atoms with van der Waals surface area (Å²) < 4.78 is 34.1. The largest absolute Gasteiger partial charge is 0.394 e. The van der Waals surface area contributed by atoms with E-state index in [1.165, 1.54) is 51.4 Å². The van der Waals surface area contributed by atoms with Gasteiger partial charge in [-0.05, 0) is 70.6 Å². The number of allylic oxidation sites excluding steroid dienone is 9. The smallest absolute Gasteiger partial charge is 0.220 e. The third kappa shape index (κ3) is 24.9. The Morgan fingerprint density at radius 3 is 1.45 bits per heavy atom. The van der Waals surface area contributed by atoms with E-state index in [0.717, 1.165) is 77.0 Å². The highest BCUT2D eigenvalue weighted by Gasteiger charge is 2.53. The van der Waals surface area contributed by atoms with Crippen LogP contribution in [0.3, 0.4) is 0 Å². The van der Waals surface area contributed by atoms with Gasteiger partial charge < -0.3 is 89.9 Å². The third-order valence-corrected chi connectivity index (χ3v) is 14.0. The summed E-state index contributed by atoms with van der Waals surface area (Å²) in [7, 11) is 0. The molecule has 3 saturated heterocycles. The molecule has 19 heteroatoms. The number of amides is 1. The van der Waals surface area contributed by atoms with Crippen molar-refractivity contribution >= 4 is 5.91 Å². The number of carbonyl (C=O) groups excluding carboxylic acids is 1. The predicted molar refractivity (Wildman–Crippen MR) is 286 cm³/mol. The lowest BCUT2D eigenvalue weighted by Crippen LogP contribution is -2.66. The van der Waals surface area contributed by atoms with Crippen LogP contribution in [0.1, 0.15) is 162 Å². The lowest BCUT2D eigenvalue weighted by molar-refractivity contribution is -0.379. The van der Waals surface area contributed by atoms with Crippen LogP contribution in [0.15, 0.2) is 60.8 Å². The SMILES string of the molecule is CCC/C=C\C/C=C\CCCCCCCC(=O)NC(COC1OC(CO)C(OC2OC(CO)C(OC3OC(CO)C(O)C(O)C3O)C(O)C2O)C(O)C1O)C(O)/C=C/CC/C=C/CC/C=C/CCCCCCCCCC. The Bertz CT molecular complexity index is 1630. The molecule has 17 atom stereocenters. The van der Waals surface area contributed by atoms with E-state index >= 15 is 0 Å². The van der Waals surface area contributed by atoms with E-state index in [1.54, 1.807) is 6.08 Å². The molecule has 0 radical (unpaired) electrons. The molecule has 0 saturated carbocycles. The molecule has 440 valence electrons. The Kier molecular flexibility index (Phi) is 36.2. The zero-order chi connectivity index (χ0) is 55.5. The summed E-state index contributed by atoms with van der Waals surface area (Å²) in [6, 6.07) is -1.00. The fourth-order valence-electron chi connectivity index (χ4n) is 9.26. The van der Waals surface area contributed by atoms with E-state index in [0.29, 0.717) is 12.8 Å². The van der Waals surface area contributed by atoms with Gasteiger partial charge in [0.2, 0.25) is 5.91 Å². The van der Waals surface area contributed by atoms with E-state index in [4.69, 9.17) is 28.4 Å². The van der Waals surface area contributed by atoms with Crippen molar-refractivity contribution in [2.24, 2.45) is 0 Å². The first-order valence-corrected chi connectivity index (χ1v) is 28.5. The Morgan fingerprint density at radius 1 is 0.474 bits per heavy atom. The maximum absolute atomic E-state index is 13.3. The minimum atomic E-state index is -1.98. The number of aliphatic hydroxyl groups excluding tert-OH is 11. The van der Waals surface area contributed by atoms with E-state index in [-0.39, 0.29) is 18.9 Å². The molecule has 3 aliphatic heterocycles. The summed E-state index contributed by atoms with van der Waals surface area (Å²) in [5.41, 5.74) is 0. The average Bonchev–Trinajstić information content (AvgIpc) is 3.41. The van der Waals surface area contributed by atoms with Crippen molar-refractivity contribution in [3.05, 3.63) is 60.8 Å². The topological polar surface area (TPSA) is 307 Å². The number of ether oxygens (including phenoxy) is 6. The third-order valence-electron chi connectivity index (χ3n) is 14.0. The fraction of sp³-hybridized carbons (Fsp3) is 0.807. The Labute approximate surface area is 452 Å². The minimum absolute atomic E-state index is 0.213. The van der Waals surface area contributed by atoms with Gasteiger partial charge in [0.05, 0.1) is 38.6 Å². The van der Waals surface area contributed by atoms with Crippen LogP contribution < -0.4 is 5.32 Å². The molecule has 3 fully saturated rings. The van der Waals surface area contributed by atoms with Crippen LogP contribution in [0.5, 0.6) is 0 Å². The molecule has 1 amide bonds. The highest BCUT2D eigenvalue weighted by molar-refractivity contribution is 5.76. The second-order valence-corrected chi connectivity index (χ2v) is 20.4. The number of nitrogens with one attached hydrogen (secondary N) is 1. The van der Waals surface area contributed by atoms with Crippen molar-refractivity contribution in [1.29, 1.82) is 0 Å². The molecule has 0 aromatic rings. The Hall–Kier alpha value is -2.51. The van der Waals surface area contributed by atoms with Crippen LogP contribution in [-0.4, -0.2) is 193 Å². The Morgan fingerprint density at radius 2 is 0.908 bits per heavy atom. The van der Waals surface area contributed by atoms with Crippen molar-refractivity contribution < 1.29 is 89.4 Å². The Balaban J connectivity index is 1.55. The minimum Gasteiger partial charge on any atom is -0.394 e. The van der Waals surface area contributed by atoms with Crippen molar-refractivity contribution in [3.63, 3.8) is 0 Å². The molecular formula is C57H99NO18. The zero-order valence-electron chi connectivity index (χ0n) is 45.5.